The highest BCUT2D eigenvalue weighted by Crippen LogP contribution is 2.43. The van der Waals surface area contributed by atoms with Gasteiger partial charge in [0.1, 0.15) is 0 Å². The van der Waals surface area contributed by atoms with Crippen molar-refractivity contribution in [1.29, 1.82) is 0 Å². The zero-order valence-electron chi connectivity index (χ0n) is 13.2. The number of ketones is 1. The molecule has 21 heavy (non-hydrogen) atoms. The standard InChI is InChI=1S/C18H25NO2/c1-13-8-7-11-18(2,3)16(13)17(21)19-12-15(20)14-9-5-4-6-10-14/h4-6,9-10,13,16H,7-8,11-12H2,1-3H3,(H,19,21)/t13-,16?/m1/s1. The van der Waals surface area contributed by atoms with E-state index >= 15 is 0 Å². The van der Waals surface area contributed by atoms with E-state index in [9.17, 15) is 9.59 Å². The summed E-state index contributed by atoms with van der Waals surface area (Å²) < 4.78 is 0. The van der Waals surface area contributed by atoms with Gasteiger partial charge in [-0.05, 0) is 24.2 Å². The van der Waals surface area contributed by atoms with Gasteiger partial charge in [0.05, 0.1) is 6.54 Å². The monoisotopic (exact) mass is 287 g/mol. The Labute approximate surface area is 127 Å². The summed E-state index contributed by atoms with van der Waals surface area (Å²) >= 11 is 0. The van der Waals surface area contributed by atoms with E-state index in [1.807, 2.05) is 18.2 Å². The zero-order valence-corrected chi connectivity index (χ0v) is 13.2. The van der Waals surface area contributed by atoms with Crippen LogP contribution in [0.15, 0.2) is 30.3 Å². The van der Waals surface area contributed by atoms with E-state index < -0.39 is 0 Å². The molecule has 114 valence electrons. The molecule has 0 radical (unpaired) electrons. The lowest BCUT2D eigenvalue weighted by Gasteiger charge is -2.41. The molecule has 0 spiro atoms. The summed E-state index contributed by atoms with van der Waals surface area (Å²) in [6, 6.07) is 9.10. The van der Waals surface area contributed by atoms with Gasteiger partial charge in [-0.3, -0.25) is 9.59 Å². The first-order valence-corrected chi connectivity index (χ1v) is 7.78. The quantitative estimate of drug-likeness (QED) is 0.862. The molecular weight excluding hydrogens is 262 g/mol. The molecule has 1 amide bonds. The Morgan fingerprint density at radius 3 is 2.52 bits per heavy atom. The molecule has 0 saturated heterocycles. The van der Waals surface area contributed by atoms with Crippen molar-refractivity contribution in [2.75, 3.05) is 6.54 Å². The molecule has 1 aromatic rings. The molecule has 1 aliphatic carbocycles. The van der Waals surface area contributed by atoms with Gasteiger partial charge in [-0.15, -0.1) is 0 Å². The van der Waals surface area contributed by atoms with Crippen LogP contribution in [-0.2, 0) is 4.79 Å². The Kier molecular flexibility index (Phi) is 4.81. The molecule has 2 rings (SSSR count). The highest BCUT2D eigenvalue weighted by molar-refractivity contribution is 5.99. The number of carbonyl (C=O) groups excluding carboxylic acids is 2. The lowest BCUT2D eigenvalue weighted by atomic mass is 9.64. The molecule has 1 N–H and O–H groups in total. The molecule has 1 aromatic carbocycles. The third-order valence-electron chi connectivity index (χ3n) is 4.69. The van der Waals surface area contributed by atoms with Crippen molar-refractivity contribution in [3.05, 3.63) is 35.9 Å². The molecule has 0 aliphatic heterocycles. The van der Waals surface area contributed by atoms with Gasteiger partial charge in [0.25, 0.3) is 0 Å². The molecule has 3 heteroatoms. The summed E-state index contributed by atoms with van der Waals surface area (Å²) in [5.74, 6) is 0.358. The number of rotatable bonds is 4. The van der Waals surface area contributed by atoms with E-state index in [4.69, 9.17) is 0 Å². The summed E-state index contributed by atoms with van der Waals surface area (Å²) in [5, 5.41) is 2.85. The minimum atomic E-state index is -0.0368. The van der Waals surface area contributed by atoms with Gasteiger partial charge < -0.3 is 5.32 Å². The number of nitrogens with one attached hydrogen (secondary N) is 1. The van der Waals surface area contributed by atoms with Crippen LogP contribution in [-0.4, -0.2) is 18.2 Å². The number of Topliss-reactive ketones (excluding diaryl/α,β-unsaturated/α-hetero) is 1. The maximum atomic E-state index is 12.5. The van der Waals surface area contributed by atoms with Crippen molar-refractivity contribution < 1.29 is 9.59 Å². The largest absolute Gasteiger partial charge is 0.348 e. The molecule has 0 heterocycles. The second-order valence-corrected chi connectivity index (χ2v) is 6.84. The highest BCUT2D eigenvalue weighted by Gasteiger charge is 2.41. The Morgan fingerprint density at radius 1 is 1.24 bits per heavy atom. The minimum absolute atomic E-state index is 0.00479. The number of hydrogen-bond donors (Lipinski definition) is 1. The fourth-order valence-corrected chi connectivity index (χ4v) is 3.59. The normalized spacial score (nSPS) is 24.3. The molecule has 0 aromatic heterocycles. The van der Waals surface area contributed by atoms with Gasteiger partial charge in [0, 0.05) is 11.5 Å². The third-order valence-corrected chi connectivity index (χ3v) is 4.69. The average Bonchev–Trinajstić information content (AvgIpc) is 2.44. The van der Waals surface area contributed by atoms with Crippen molar-refractivity contribution in [1.82, 2.24) is 5.32 Å². The molecule has 1 fully saturated rings. The van der Waals surface area contributed by atoms with E-state index in [0.717, 1.165) is 12.8 Å². The Hall–Kier alpha value is -1.64. The van der Waals surface area contributed by atoms with Gasteiger partial charge in [-0.1, -0.05) is 57.5 Å². The number of amides is 1. The maximum Gasteiger partial charge on any atom is 0.224 e. The summed E-state index contributed by atoms with van der Waals surface area (Å²) in [6.07, 6.45) is 3.34. The van der Waals surface area contributed by atoms with Crippen LogP contribution in [0.4, 0.5) is 0 Å². The zero-order chi connectivity index (χ0) is 15.5. The van der Waals surface area contributed by atoms with E-state index in [1.54, 1.807) is 12.1 Å². The van der Waals surface area contributed by atoms with Gasteiger partial charge in [0.15, 0.2) is 5.78 Å². The minimum Gasteiger partial charge on any atom is -0.348 e. The molecule has 1 saturated carbocycles. The average molecular weight is 287 g/mol. The summed E-state index contributed by atoms with van der Waals surface area (Å²) in [6.45, 7) is 6.55. The second-order valence-electron chi connectivity index (χ2n) is 6.84. The van der Waals surface area contributed by atoms with Crippen LogP contribution < -0.4 is 5.32 Å². The van der Waals surface area contributed by atoms with Crippen LogP contribution in [0.2, 0.25) is 0 Å². The van der Waals surface area contributed by atoms with Crippen LogP contribution in [0.1, 0.15) is 50.4 Å². The first kappa shape index (κ1) is 15.7. The van der Waals surface area contributed by atoms with E-state index in [0.29, 0.717) is 11.5 Å². The maximum absolute atomic E-state index is 12.5. The SMILES string of the molecule is C[C@@H]1CCCC(C)(C)C1C(=O)NCC(=O)c1ccccc1. The van der Waals surface area contributed by atoms with Crippen molar-refractivity contribution in [3.63, 3.8) is 0 Å². The van der Waals surface area contributed by atoms with Gasteiger partial charge in [0.2, 0.25) is 5.91 Å². The predicted octanol–water partition coefficient (Wildman–Crippen LogP) is 3.45. The van der Waals surface area contributed by atoms with Crippen molar-refractivity contribution in [2.45, 2.75) is 40.0 Å². The molecule has 1 unspecified atom stereocenters. The van der Waals surface area contributed by atoms with Crippen molar-refractivity contribution >= 4 is 11.7 Å². The molecular formula is C18H25NO2. The van der Waals surface area contributed by atoms with Crippen LogP contribution in [0.3, 0.4) is 0 Å². The first-order chi connectivity index (χ1) is 9.92. The summed E-state index contributed by atoms with van der Waals surface area (Å²) in [5.41, 5.74) is 0.658. The van der Waals surface area contributed by atoms with Crippen LogP contribution in [0.25, 0.3) is 0 Å². The van der Waals surface area contributed by atoms with E-state index in [1.165, 1.54) is 6.42 Å². The van der Waals surface area contributed by atoms with Crippen LogP contribution >= 0.6 is 0 Å². The summed E-state index contributed by atoms with van der Waals surface area (Å²) in [7, 11) is 0. The second kappa shape index (κ2) is 6.42. The van der Waals surface area contributed by atoms with E-state index in [2.05, 4.69) is 26.1 Å². The van der Waals surface area contributed by atoms with Gasteiger partial charge in [-0.25, -0.2) is 0 Å². The lowest BCUT2D eigenvalue weighted by molar-refractivity contribution is -0.132. The number of benzene rings is 1. The summed E-state index contributed by atoms with van der Waals surface area (Å²) in [4.78, 5) is 24.6. The molecule has 0 bridgehead atoms. The smallest absolute Gasteiger partial charge is 0.224 e. The Bertz CT molecular complexity index is 507. The lowest BCUT2D eigenvalue weighted by Crippen LogP contribution is -2.46. The molecule has 3 nitrogen and oxygen atoms in total. The first-order valence-electron chi connectivity index (χ1n) is 7.78. The Balaban J connectivity index is 1.96. The van der Waals surface area contributed by atoms with Crippen molar-refractivity contribution in [3.8, 4) is 0 Å². The van der Waals surface area contributed by atoms with Gasteiger partial charge >= 0.3 is 0 Å². The van der Waals surface area contributed by atoms with Crippen LogP contribution in [0.5, 0.6) is 0 Å². The fourth-order valence-electron chi connectivity index (χ4n) is 3.59. The fraction of sp³-hybridized carbons (Fsp3) is 0.556. The van der Waals surface area contributed by atoms with Gasteiger partial charge in [-0.2, -0.15) is 0 Å². The van der Waals surface area contributed by atoms with E-state index in [-0.39, 0.29) is 29.6 Å². The molecule has 1 aliphatic rings. The molecule has 2 atom stereocenters. The van der Waals surface area contributed by atoms with Crippen LogP contribution in [0, 0.1) is 17.3 Å². The number of carbonyl (C=O) groups is 2. The Morgan fingerprint density at radius 2 is 1.90 bits per heavy atom. The van der Waals surface area contributed by atoms with Crippen molar-refractivity contribution in [2.24, 2.45) is 17.3 Å². The third kappa shape index (κ3) is 3.72. The highest BCUT2D eigenvalue weighted by atomic mass is 16.2. The topological polar surface area (TPSA) is 46.2 Å². The number of hydrogen-bond acceptors (Lipinski definition) is 2. The predicted molar refractivity (Wildman–Crippen MR) is 84.1 cm³/mol.